The van der Waals surface area contributed by atoms with E-state index in [0.717, 1.165) is 23.8 Å². The highest BCUT2D eigenvalue weighted by Gasteiger charge is 2.24. The van der Waals surface area contributed by atoms with Crippen LogP contribution in [0.3, 0.4) is 0 Å². The van der Waals surface area contributed by atoms with E-state index in [1.165, 1.54) is 25.7 Å². The molecule has 1 aromatic carbocycles. The number of rotatable bonds is 2. The third kappa shape index (κ3) is 2.58. The Morgan fingerprint density at radius 2 is 1.85 bits per heavy atom. The molecular formula is C17H21NO2. The van der Waals surface area contributed by atoms with E-state index in [4.69, 9.17) is 4.42 Å². The quantitative estimate of drug-likeness (QED) is 0.766. The third-order valence-corrected chi connectivity index (χ3v) is 4.33. The Hall–Kier alpha value is -1.77. The number of furan rings is 1. The van der Waals surface area contributed by atoms with Crippen LogP contribution in [0.1, 0.15) is 49.1 Å². The Morgan fingerprint density at radius 1 is 1.15 bits per heavy atom. The SMILES string of the molecule is CN(C(=O)c1cc2ccccc2o1)C1CCCCCC1. The lowest BCUT2D eigenvalue weighted by molar-refractivity contribution is 0.0688. The lowest BCUT2D eigenvalue weighted by Gasteiger charge is -2.26. The van der Waals surface area contributed by atoms with Crippen molar-refractivity contribution in [3.8, 4) is 0 Å². The predicted molar refractivity (Wildman–Crippen MR) is 79.8 cm³/mol. The number of carbonyl (C=O) groups is 1. The van der Waals surface area contributed by atoms with Gasteiger partial charge in [0, 0.05) is 18.5 Å². The topological polar surface area (TPSA) is 33.5 Å². The molecule has 1 aliphatic carbocycles. The van der Waals surface area contributed by atoms with Gasteiger partial charge < -0.3 is 9.32 Å². The van der Waals surface area contributed by atoms with Gasteiger partial charge in [-0.25, -0.2) is 0 Å². The molecule has 3 nitrogen and oxygen atoms in total. The van der Waals surface area contributed by atoms with Crippen molar-refractivity contribution in [2.45, 2.75) is 44.6 Å². The van der Waals surface area contributed by atoms with E-state index in [1.807, 2.05) is 42.3 Å². The molecule has 1 aliphatic rings. The van der Waals surface area contributed by atoms with Crippen molar-refractivity contribution in [3.05, 3.63) is 36.1 Å². The highest BCUT2D eigenvalue weighted by molar-refractivity contribution is 5.96. The van der Waals surface area contributed by atoms with Crippen molar-refractivity contribution in [3.63, 3.8) is 0 Å². The van der Waals surface area contributed by atoms with E-state index in [1.54, 1.807) is 0 Å². The third-order valence-electron chi connectivity index (χ3n) is 4.33. The van der Waals surface area contributed by atoms with E-state index in [-0.39, 0.29) is 5.91 Å². The number of para-hydroxylation sites is 1. The monoisotopic (exact) mass is 271 g/mol. The van der Waals surface area contributed by atoms with Crippen molar-refractivity contribution in [1.82, 2.24) is 4.90 Å². The molecule has 1 heterocycles. The summed E-state index contributed by atoms with van der Waals surface area (Å²) in [5, 5.41) is 0.991. The lowest BCUT2D eigenvalue weighted by atomic mass is 10.1. The number of nitrogens with zero attached hydrogens (tertiary/aromatic N) is 1. The summed E-state index contributed by atoms with van der Waals surface area (Å²) in [5.41, 5.74) is 0.783. The molecule has 0 atom stereocenters. The van der Waals surface area contributed by atoms with Crippen LogP contribution >= 0.6 is 0 Å². The minimum absolute atomic E-state index is 0.00750. The zero-order valence-corrected chi connectivity index (χ0v) is 12.0. The van der Waals surface area contributed by atoms with Crippen molar-refractivity contribution in [1.29, 1.82) is 0 Å². The van der Waals surface area contributed by atoms with Gasteiger partial charge in [-0.05, 0) is 25.0 Å². The summed E-state index contributed by atoms with van der Waals surface area (Å²) in [6.07, 6.45) is 7.27. The first kappa shape index (κ1) is 13.2. The van der Waals surface area contributed by atoms with E-state index >= 15 is 0 Å². The maximum Gasteiger partial charge on any atom is 0.289 e. The molecule has 3 rings (SSSR count). The van der Waals surface area contributed by atoms with Crippen LogP contribution in [-0.4, -0.2) is 23.9 Å². The predicted octanol–water partition coefficient (Wildman–Crippen LogP) is 4.23. The van der Waals surface area contributed by atoms with E-state index in [9.17, 15) is 4.79 Å². The first-order valence-electron chi connectivity index (χ1n) is 7.51. The van der Waals surface area contributed by atoms with Gasteiger partial charge in [0.2, 0.25) is 0 Å². The van der Waals surface area contributed by atoms with Gasteiger partial charge in [-0.3, -0.25) is 4.79 Å². The molecule has 20 heavy (non-hydrogen) atoms. The van der Waals surface area contributed by atoms with Crippen molar-refractivity contribution in [2.24, 2.45) is 0 Å². The summed E-state index contributed by atoms with van der Waals surface area (Å²) >= 11 is 0. The second kappa shape index (κ2) is 5.70. The second-order valence-electron chi connectivity index (χ2n) is 5.71. The Labute approximate surface area is 119 Å². The van der Waals surface area contributed by atoms with Gasteiger partial charge in [0.1, 0.15) is 5.58 Å². The largest absolute Gasteiger partial charge is 0.451 e. The molecule has 1 saturated carbocycles. The lowest BCUT2D eigenvalue weighted by Crippen LogP contribution is -2.36. The molecule has 0 spiro atoms. The van der Waals surface area contributed by atoms with E-state index < -0.39 is 0 Å². The van der Waals surface area contributed by atoms with Crippen LogP contribution in [0.5, 0.6) is 0 Å². The summed E-state index contributed by atoms with van der Waals surface area (Å²) in [6.45, 7) is 0. The Kier molecular flexibility index (Phi) is 3.77. The van der Waals surface area contributed by atoms with Crippen LogP contribution in [0.15, 0.2) is 34.7 Å². The van der Waals surface area contributed by atoms with Gasteiger partial charge in [0.15, 0.2) is 5.76 Å². The fourth-order valence-electron chi connectivity index (χ4n) is 3.07. The molecular weight excluding hydrogens is 250 g/mol. The summed E-state index contributed by atoms with van der Waals surface area (Å²) in [5.74, 6) is 0.464. The minimum Gasteiger partial charge on any atom is -0.451 e. The molecule has 0 unspecified atom stereocenters. The van der Waals surface area contributed by atoms with Gasteiger partial charge in [0.25, 0.3) is 5.91 Å². The van der Waals surface area contributed by atoms with Gasteiger partial charge in [-0.1, -0.05) is 43.9 Å². The molecule has 3 heteroatoms. The molecule has 1 aromatic heterocycles. The average Bonchev–Trinajstić information content (AvgIpc) is 2.72. The van der Waals surface area contributed by atoms with Gasteiger partial charge >= 0.3 is 0 Å². The summed E-state index contributed by atoms with van der Waals surface area (Å²) in [6, 6.07) is 9.97. The number of benzene rings is 1. The van der Waals surface area contributed by atoms with Crippen molar-refractivity contribution >= 4 is 16.9 Å². The fraction of sp³-hybridized carbons (Fsp3) is 0.471. The standard InChI is InChI=1S/C17H21NO2/c1-18(14-9-4-2-3-5-10-14)17(19)16-12-13-8-6-7-11-15(13)20-16/h6-8,11-12,14H,2-5,9-10H2,1H3. The summed E-state index contributed by atoms with van der Waals surface area (Å²) < 4.78 is 5.68. The average molecular weight is 271 g/mol. The highest BCUT2D eigenvalue weighted by atomic mass is 16.3. The van der Waals surface area contributed by atoms with Crippen LogP contribution in [-0.2, 0) is 0 Å². The van der Waals surface area contributed by atoms with Gasteiger partial charge in [-0.15, -0.1) is 0 Å². The summed E-state index contributed by atoms with van der Waals surface area (Å²) in [7, 11) is 1.91. The molecule has 2 aromatic rings. The zero-order valence-electron chi connectivity index (χ0n) is 12.0. The second-order valence-corrected chi connectivity index (χ2v) is 5.71. The first-order valence-corrected chi connectivity index (χ1v) is 7.51. The molecule has 106 valence electrons. The maximum atomic E-state index is 12.6. The molecule has 1 fully saturated rings. The van der Waals surface area contributed by atoms with Crippen LogP contribution in [0.4, 0.5) is 0 Å². The molecule has 0 N–H and O–H groups in total. The normalized spacial score (nSPS) is 17.1. The smallest absolute Gasteiger partial charge is 0.289 e. The van der Waals surface area contributed by atoms with Crippen LogP contribution in [0, 0.1) is 0 Å². The molecule has 0 radical (unpaired) electrons. The molecule has 0 aliphatic heterocycles. The fourth-order valence-corrected chi connectivity index (χ4v) is 3.07. The maximum absolute atomic E-state index is 12.6. The van der Waals surface area contributed by atoms with Crippen LogP contribution in [0.2, 0.25) is 0 Å². The Balaban J connectivity index is 1.79. The van der Waals surface area contributed by atoms with Crippen LogP contribution < -0.4 is 0 Å². The number of hydrogen-bond acceptors (Lipinski definition) is 2. The highest BCUT2D eigenvalue weighted by Crippen LogP contribution is 2.24. The minimum atomic E-state index is 0.00750. The zero-order chi connectivity index (χ0) is 13.9. The van der Waals surface area contributed by atoms with Crippen LogP contribution in [0.25, 0.3) is 11.0 Å². The Morgan fingerprint density at radius 3 is 2.55 bits per heavy atom. The van der Waals surface area contributed by atoms with E-state index in [2.05, 4.69) is 0 Å². The molecule has 0 saturated heterocycles. The van der Waals surface area contributed by atoms with Crippen molar-refractivity contribution in [2.75, 3.05) is 7.05 Å². The molecule has 0 bridgehead atoms. The number of fused-ring (bicyclic) bond motifs is 1. The number of amides is 1. The first-order chi connectivity index (χ1) is 9.75. The Bertz CT molecular complexity index is 561. The van der Waals surface area contributed by atoms with Crippen molar-refractivity contribution < 1.29 is 9.21 Å². The number of hydrogen-bond donors (Lipinski definition) is 0. The summed E-state index contributed by atoms with van der Waals surface area (Å²) in [4.78, 5) is 14.4. The molecule has 1 amide bonds. The number of carbonyl (C=O) groups excluding carboxylic acids is 1. The van der Waals surface area contributed by atoms with E-state index in [0.29, 0.717) is 11.8 Å². The van der Waals surface area contributed by atoms with Gasteiger partial charge in [-0.2, -0.15) is 0 Å². The van der Waals surface area contributed by atoms with Gasteiger partial charge in [0.05, 0.1) is 0 Å².